The molecule has 1 heterocycles. The van der Waals surface area contributed by atoms with Crippen LogP contribution in [0.4, 0.5) is 11.4 Å². The molecule has 176 valence electrons. The maximum atomic E-state index is 6.39. The Hall–Kier alpha value is -4.56. The van der Waals surface area contributed by atoms with Crippen molar-refractivity contribution in [2.75, 3.05) is 5.32 Å². The molecule has 6 aromatic carbocycles. The van der Waals surface area contributed by atoms with E-state index in [9.17, 15) is 0 Å². The van der Waals surface area contributed by atoms with Gasteiger partial charge in [-0.3, -0.25) is 0 Å². The zero-order chi connectivity index (χ0) is 24.7. The van der Waals surface area contributed by atoms with Gasteiger partial charge >= 0.3 is 0 Å². The second kappa shape index (κ2) is 7.24. The summed E-state index contributed by atoms with van der Waals surface area (Å²) in [5, 5.41) is 10.9. The number of benzene rings is 6. The second-order valence-electron chi connectivity index (χ2n) is 10.7. The molecule has 0 aliphatic heterocycles. The van der Waals surface area contributed by atoms with E-state index in [2.05, 4.69) is 128 Å². The molecule has 2 nitrogen and oxygen atoms in total. The summed E-state index contributed by atoms with van der Waals surface area (Å²) in [4.78, 5) is 0. The summed E-state index contributed by atoms with van der Waals surface area (Å²) in [6.45, 7) is 4.67. The van der Waals surface area contributed by atoms with Gasteiger partial charge in [0.15, 0.2) is 0 Å². The van der Waals surface area contributed by atoms with Crippen LogP contribution in [0.1, 0.15) is 25.0 Å². The first-order valence-corrected chi connectivity index (χ1v) is 12.9. The zero-order valence-electron chi connectivity index (χ0n) is 20.8. The van der Waals surface area contributed by atoms with Crippen molar-refractivity contribution >= 4 is 54.9 Å². The van der Waals surface area contributed by atoms with Gasteiger partial charge in [0.25, 0.3) is 0 Å². The van der Waals surface area contributed by atoms with Crippen LogP contribution in [0.3, 0.4) is 0 Å². The summed E-state index contributed by atoms with van der Waals surface area (Å²) in [7, 11) is 0. The highest BCUT2D eigenvalue weighted by atomic mass is 16.3. The number of nitrogens with one attached hydrogen (secondary N) is 1. The van der Waals surface area contributed by atoms with E-state index in [1.807, 2.05) is 0 Å². The van der Waals surface area contributed by atoms with Crippen LogP contribution >= 0.6 is 0 Å². The molecule has 0 saturated carbocycles. The zero-order valence-corrected chi connectivity index (χ0v) is 20.8. The lowest BCUT2D eigenvalue weighted by atomic mass is 9.82. The first kappa shape index (κ1) is 20.6. The van der Waals surface area contributed by atoms with E-state index in [1.54, 1.807) is 0 Å². The maximum Gasteiger partial charge on any atom is 0.143 e. The Bertz CT molecular complexity index is 2040. The lowest BCUT2D eigenvalue weighted by molar-refractivity contribution is 0.661. The molecule has 0 atom stereocenters. The normalized spacial score (nSPS) is 13.9. The fourth-order valence-electron chi connectivity index (χ4n) is 6.25. The molecule has 8 rings (SSSR count). The van der Waals surface area contributed by atoms with Crippen LogP contribution in [0.25, 0.3) is 54.6 Å². The quantitative estimate of drug-likeness (QED) is 0.269. The van der Waals surface area contributed by atoms with Gasteiger partial charge in [-0.05, 0) is 80.9 Å². The molecular weight excluding hydrogens is 450 g/mol. The van der Waals surface area contributed by atoms with Gasteiger partial charge in [-0.15, -0.1) is 0 Å². The van der Waals surface area contributed by atoms with Crippen LogP contribution in [0, 0.1) is 0 Å². The molecule has 0 radical (unpaired) electrons. The number of rotatable bonds is 2. The first-order chi connectivity index (χ1) is 18.1. The van der Waals surface area contributed by atoms with Crippen molar-refractivity contribution in [3.8, 4) is 11.1 Å². The Morgan fingerprint density at radius 1 is 0.541 bits per heavy atom. The van der Waals surface area contributed by atoms with Crippen LogP contribution in [0.2, 0.25) is 0 Å². The van der Waals surface area contributed by atoms with E-state index in [4.69, 9.17) is 4.42 Å². The average molecular weight is 476 g/mol. The van der Waals surface area contributed by atoms with E-state index in [1.165, 1.54) is 38.4 Å². The van der Waals surface area contributed by atoms with E-state index in [-0.39, 0.29) is 5.41 Å². The lowest BCUT2D eigenvalue weighted by Gasteiger charge is -2.22. The van der Waals surface area contributed by atoms with Crippen molar-refractivity contribution in [2.45, 2.75) is 19.3 Å². The van der Waals surface area contributed by atoms with Crippen LogP contribution < -0.4 is 5.32 Å². The Labute approximate surface area is 215 Å². The van der Waals surface area contributed by atoms with Crippen molar-refractivity contribution in [3.63, 3.8) is 0 Å². The second-order valence-corrected chi connectivity index (χ2v) is 10.7. The molecule has 0 amide bonds. The van der Waals surface area contributed by atoms with E-state index in [0.717, 1.165) is 38.7 Å². The van der Waals surface area contributed by atoms with Crippen molar-refractivity contribution in [2.24, 2.45) is 0 Å². The summed E-state index contributed by atoms with van der Waals surface area (Å²) >= 11 is 0. The standard InChI is InChI=1S/C35H25NO/c1-35(2)31-18-23-9-4-3-8-22(23)17-30(31)27-15-12-24(19-32(27)35)36-25-13-16-28-29-14-11-21-7-5-6-10-26(21)34(29)37-33(28)20-25/h3-20,36H,1-2H3. The van der Waals surface area contributed by atoms with Gasteiger partial charge in [0.1, 0.15) is 11.2 Å². The molecule has 1 aromatic heterocycles. The minimum absolute atomic E-state index is 0.0594. The molecule has 0 spiro atoms. The topological polar surface area (TPSA) is 25.2 Å². The number of hydrogen-bond donors (Lipinski definition) is 1. The molecule has 1 aliphatic carbocycles. The first-order valence-electron chi connectivity index (χ1n) is 12.9. The van der Waals surface area contributed by atoms with Crippen LogP contribution in [-0.2, 0) is 5.41 Å². The van der Waals surface area contributed by atoms with Crippen molar-refractivity contribution in [3.05, 3.63) is 120 Å². The molecule has 0 saturated heterocycles. The largest absolute Gasteiger partial charge is 0.455 e. The molecule has 2 heteroatoms. The molecule has 0 bridgehead atoms. The molecule has 0 fully saturated rings. The molecule has 37 heavy (non-hydrogen) atoms. The number of furan rings is 1. The third kappa shape index (κ3) is 2.93. The highest BCUT2D eigenvalue weighted by molar-refractivity contribution is 6.15. The summed E-state index contributed by atoms with van der Waals surface area (Å²) in [6, 6.07) is 39.3. The molecule has 1 aliphatic rings. The predicted molar refractivity (Wildman–Crippen MR) is 156 cm³/mol. The Morgan fingerprint density at radius 3 is 2.08 bits per heavy atom. The van der Waals surface area contributed by atoms with Gasteiger partial charge in [-0.1, -0.05) is 74.5 Å². The van der Waals surface area contributed by atoms with Gasteiger partial charge in [-0.25, -0.2) is 0 Å². The molecular formula is C35H25NO. The minimum Gasteiger partial charge on any atom is -0.455 e. The smallest absolute Gasteiger partial charge is 0.143 e. The maximum absolute atomic E-state index is 6.39. The van der Waals surface area contributed by atoms with E-state index in [0.29, 0.717) is 0 Å². The predicted octanol–water partition coefficient (Wildman–Crippen LogP) is 9.94. The van der Waals surface area contributed by atoms with Gasteiger partial charge in [-0.2, -0.15) is 0 Å². The highest BCUT2D eigenvalue weighted by Crippen LogP contribution is 2.50. The summed E-state index contributed by atoms with van der Waals surface area (Å²) in [5.74, 6) is 0. The van der Waals surface area contributed by atoms with Crippen molar-refractivity contribution in [1.29, 1.82) is 0 Å². The summed E-state index contributed by atoms with van der Waals surface area (Å²) in [6.07, 6.45) is 0. The van der Waals surface area contributed by atoms with Crippen LogP contribution in [0.5, 0.6) is 0 Å². The van der Waals surface area contributed by atoms with Gasteiger partial charge in [0.2, 0.25) is 0 Å². The Balaban J connectivity index is 1.20. The fraction of sp³-hybridized carbons (Fsp3) is 0.0857. The SMILES string of the molecule is CC1(C)c2cc(Nc3ccc4c(c3)oc3c5ccccc5ccc43)ccc2-c2cc3ccccc3cc21. The summed E-state index contributed by atoms with van der Waals surface area (Å²) < 4.78 is 6.39. The van der Waals surface area contributed by atoms with E-state index < -0.39 is 0 Å². The van der Waals surface area contributed by atoms with Gasteiger partial charge < -0.3 is 9.73 Å². The minimum atomic E-state index is -0.0594. The van der Waals surface area contributed by atoms with E-state index >= 15 is 0 Å². The van der Waals surface area contributed by atoms with Crippen molar-refractivity contribution < 1.29 is 4.42 Å². The third-order valence-corrected chi connectivity index (χ3v) is 8.19. The lowest BCUT2D eigenvalue weighted by Crippen LogP contribution is -2.15. The van der Waals surface area contributed by atoms with Gasteiger partial charge in [0.05, 0.1) is 0 Å². The van der Waals surface area contributed by atoms with Crippen molar-refractivity contribution in [1.82, 2.24) is 0 Å². The number of fused-ring (bicyclic) bond motifs is 9. The Kier molecular flexibility index (Phi) is 4.03. The molecule has 1 N–H and O–H groups in total. The Morgan fingerprint density at radius 2 is 1.22 bits per heavy atom. The molecule has 7 aromatic rings. The monoisotopic (exact) mass is 475 g/mol. The highest BCUT2D eigenvalue weighted by Gasteiger charge is 2.35. The van der Waals surface area contributed by atoms with Crippen LogP contribution in [-0.4, -0.2) is 0 Å². The summed E-state index contributed by atoms with van der Waals surface area (Å²) in [5.41, 5.74) is 9.34. The number of anilines is 2. The average Bonchev–Trinajstić information content (AvgIpc) is 3.40. The molecule has 0 unspecified atom stereocenters. The van der Waals surface area contributed by atoms with Crippen LogP contribution in [0.15, 0.2) is 114 Å². The van der Waals surface area contributed by atoms with Gasteiger partial charge in [0, 0.05) is 39.0 Å². The third-order valence-electron chi connectivity index (χ3n) is 8.19. The number of hydrogen-bond acceptors (Lipinski definition) is 2. The fourth-order valence-corrected chi connectivity index (χ4v) is 6.25.